The van der Waals surface area contributed by atoms with Gasteiger partial charge in [0.1, 0.15) is 5.75 Å². The molecular formula is C15H11BrClNOS. The molecule has 0 saturated heterocycles. The normalized spacial score (nSPS) is 11.0. The Kier molecular flexibility index (Phi) is 3.71. The third kappa shape index (κ3) is 2.32. The Morgan fingerprint density at radius 1 is 1.25 bits per heavy atom. The van der Waals surface area contributed by atoms with E-state index in [1.165, 1.54) is 0 Å². The van der Waals surface area contributed by atoms with E-state index in [-0.39, 0.29) is 0 Å². The Bertz CT molecular complexity index is 783. The maximum Gasteiger partial charge on any atom is 0.160 e. The number of thiazole rings is 1. The Balaban J connectivity index is 2.38. The zero-order valence-corrected chi connectivity index (χ0v) is 14.1. The summed E-state index contributed by atoms with van der Waals surface area (Å²) in [5, 5.41) is 0.724. The van der Waals surface area contributed by atoms with Gasteiger partial charge in [0, 0.05) is 10.6 Å². The molecule has 0 aliphatic carbocycles. The van der Waals surface area contributed by atoms with E-state index in [0.29, 0.717) is 0 Å². The minimum absolute atomic E-state index is 0.724. The van der Waals surface area contributed by atoms with Crippen molar-refractivity contribution in [2.45, 2.75) is 6.92 Å². The van der Waals surface area contributed by atoms with Crippen LogP contribution in [0.15, 0.2) is 34.2 Å². The summed E-state index contributed by atoms with van der Waals surface area (Å²) in [7, 11) is 1.70. The molecule has 0 amide bonds. The second-order valence-corrected chi connectivity index (χ2v) is 7.14. The number of methoxy groups -OCH3 is 1. The minimum Gasteiger partial charge on any atom is -0.496 e. The number of nitrogens with zero attached hydrogens (tertiary/aromatic N) is 1. The maximum absolute atomic E-state index is 5.98. The van der Waals surface area contributed by atoms with Crippen LogP contribution in [0.1, 0.15) is 5.56 Å². The molecule has 0 N–H and O–H groups in total. The van der Waals surface area contributed by atoms with E-state index in [9.17, 15) is 0 Å². The lowest BCUT2D eigenvalue weighted by atomic mass is 10.0. The zero-order chi connectivity index (χ0) is 14.3. The van der Waals surface area contributed by atoms with Gasteiger partial charge in [0.15, 0.2) is 3.92 Å². The van der Waals surface area contributed by atoms with Crippen LogP contribution in [0, 0.1) is 6.92 Å². The van der Waals surface area contributed by atoms with Gasteiger partial charge in [0.05, 0.1) is 17.3 Å². The molecule has 0 radical (unpaired) electrons. The van der Waals surface area contributed by atoms with Gasteiger partial charge >= 0.3 is 0 Å². The quantitative estimate of drug-likeness (QED) is 0.579. The van der Waals surface area contributed by atoms with Crippen LogP contribution in [0.4, 0.5) is 0 Å². The standard InChI is InChI=1S/C15H11BrClNOS/c1-8-7-11-14(20-15(16)18-11)12(13(8)19-2)9-3-5-10(17)6-4-9/h3-7H,1-2H3. The van der Waals surface area contributed by atoms with Crippen LogP contribution in [0.25, 0.3) is 21.3 Å². The van der Waals surface area contributed by atoms with Crippen molar-refractivity contribution >= 4 is 49.1 Å². The van der Waals surface area contributed by atoms with Gasteiger partial charge in [-0.3, -0.25) is 0 Å². The van der Waals surface area contributed by atoms with Gasteiger partial charge in [-0.15, -0.1) is 11.3 Å². The summed E-state index contributed by atoms with van der Waals surface area (Å²) in [6.45, 7) is 2.03. The maximum atomic E-state index is 5.98. The van der Waals surface area contributed by atoms with Crippen molar-refractivity contribution in [1.29, 1.82) is 0 Å². The zero-order valence-electron chi connectivity index (χ0n) is 10.9. The van der Waals surface area contributed by atoms with Crippen LogP contribution in [0.2, 0.25) is 5.02 Å². The molecule has 2 nitrogen and oxygen atoms in total. The highest BCUT2D eigenvalue weighted by Gasteiger charge is 2.17. The summed E-state index contributed by atoms with van der Waals surface area (Å²) >= 11 is 11.0. The molecule has 0 spiro atoms. The number of aryl methyl sites for hydroxylation is 1. The van der Waals surface area contributed by atoms with Crippen LogP contribution in [0.5, 0.6) is 5.75 Å². The first-order valence-electron chi connectivity index (χ1n) is 5.99. The molecule has 0 atom stereocenters. The number of hydrogen-bond acceptors (Lipinski definition) is 3. The number of halogens is 2. The van der Waals surface area contributed by atoms with E-state index in [1.54, 1.807) is 18.4 Å². The van der Waals surface area contributed by atoms with E-state index in [0.717, 1.165) is 41.6 Å². The lowest BCUT2D eigenvalue weighted by Crippen LogP contribution is -1.92. The lowest BCUT2D eigenvalue weighted by molar-refractivity contribution is 0.414. The van der Waals surface area contributed by atoms with Crippen LogP contribution in [-0.4, -0.2) is 12.1 Å². The van der Waals surface area contributed by atoms with Crippen molar-refractivity contribution in [1.82, 2.24) is 4.98 Å². The molecule has 3 rings (SSSR count). The van der Waals surface area contributed by atoms with Crippen molar-refractivity contribution in [3.05, 3.63) is 44.8 Å². The highest BCUT2D eigenvalue weighted by atomic mass is 79.9. The summed E-state index contributed by atoms with van der Waals surface area (Å²) in [6.07, 6.45) is 0. The fourth-order valence-corrected chi connectivity index (χ4v) is 3.93. The summed E-state index contributed by atoms with van der Waals surface area (Å²) in [6, 6.07) is 9.84. The Morgan fingerprint density at radius 3 is 2.60 bits per heavy atom. The predicted octanol–water partition coefficient (Wildman–Crippen LogP) is 5.70. The molecule has 5 heteroatoms. The van der Waals surface area contributed by atoms with E-state index >= 15 is 0 Å². The van der Waals surface area contributed by atoms with E-state index < -0.39 is 0 Å². The minimum atomic E-state index is 0.724. The molecule has 0 unspecified atom stereocenters. The third-order valence-electron chi connectivity index (χ3n) is 3.13. The Hall–Kier alpha value is -1.10. The highest BCUT2D eigenvalue weighted by Crippen LogP contribution is 2.43. The molecule has 0 bridgehead atoms. The number of benzene rings is 2. The van der Waals surface area contributed by atoms with Crippen molar-refractivity contribution in [2.24, 2.45) is 0 Å². The summed E-state index contributed by atoms with van der Waals surface area (Å²) < 4.78 is 7.59. The smallest absolute Gasteiger partial charge is 0.160 e. The molecular weight excluding hydrogens is 358 g/mol. The Labute approximate surface area is 134 Å². The molecule has 1 heterocycles. The third-order valence-corrected chi connectivity index (χ3v) is 4.92. The van der Waals surface area contributed by atoms with Crippen LogP contribution < -0.4 is 4.74 Å². The van der Waals surface area contributed by atoms with E-state index in [1.807, 2.05) is 31.2 Å². The van der Waals surface area contributed by atoms with Crippen LogP contribution >= 0.6 is 38.9 Å². The molecule has 0 fully saturated rings. The average molecular weight is 369 g/mol. The molecule has 0 saturated carbocycles. The number of fused-ring (bicyclic) bond motifs is 1. The summed E-state index contributed by atoms with van der Waals surface area (Å²) in [5.41, 5.74) is 4.20. The first-order chi connectivity index (χ1) is 9.60. The second kappa shape index (κ2) is 5.35. The van der Waals surface area contributed by atoms with Crippen molar-refractivity contribution in [3.63, 3.8) is 0 Å². The van der Waals surface area contributed by atoms with Gasteiger partial charge in [-0.25, -0.2) is 4.98 Å². The van der Waals surface area contributed by atoms with Gasteiger partial charge in [-0.05, 0) is 52.2 Å². The first kappa shape index (κ1) is 13.9. The predicted molar refractivity (Wildman–Crippen MR) is 89.1 cm³/mol. The fourth-order valence-electron chi connectivity index (χ4n) is 2.29. The Morgan fingerprint density at radius 2 is 1.95 bits per heavy atom. The molecule has 1 aromatic heterocycles. The monoisotopic (exact) mass is 367 g/mol. The SMILES string of the molecule is COc1c(C)cc2nc(Br)sc2c1-c1ccc(Cl)cc1. The van der Waals surface area contributed by atoms with Gasteiger partial charge in [-0.1, -0.05) is 23.7 Å². The number of ether oxygens (including phenoxy) is 1. The van der Waals surface area contributed by atoms with E-state index in [4.69, 9.17) is 16.3 Å². The second-order valence-electron chi connectivity index (χ2n) is 4.42. The first-order valence-corrected chi connectivity index (χ1v) is 7.98. The molecule has 20 heavy (non-hydrogen) atoms. The number of hydrogen-bond donors (Lipinski definition) is 0. The molecule has 0 aliphatic rings. The molecule has 102 valence electrons. The highest BCUT2D eigenvalue weighted by molar-refractivity contribution is 9.11. The number of aromatic nitrogens is 1. The van der Waals surface area contributed by atoms with Gasteiger partial charge < -0.3 is 4.74 Å². The lowest BCUT2D eigenvalue weighted by Gasteiger charge is -2.12. The van der Waals surface area contributed by atoms with Gasteiger partial charge in [0.25, 0.3) is 0 Å². The molecule has 0 aliphatic heterocycles. The van der Waals surface area contributed by atoms with Crippen molar-refractivity contribution in [3.8, 4) is 16.9 Å². The fraction of sp³-hybridized carbons (Fsp3) is 0.133. The van der Waals surface area contributed by atoms with Crippen molar-refractivity contribution < 1.29 is 4.74 Å². The van der Waals surface area contributed by atoms with Gasteiger partial charge in [0.2, 0.25) is 0 Å². The van der Waals surface area contributed by atoms with Gasteiger partial charge in [-0.2, -0.15) is 0 Å². The van der Waals surface area contributed by atoms with Crippen molar-refractivity contribution in [2.75, 3.05) is 7.11 Å². The molecule has 2 aromatic carbocycles. The largest absolute Gasteiger partial charge is 0.496 e. The summed E-state index contributed by atoms with van der Waals surface area (Å²) in [5.74, 6) is 0.885. The van der Waals surface area contributed by atoms with Crippen LogP contribution in [-0.2, 0) is 0 Å². The number of rotatable bonds is 2. The topological polar surface area (TPSA) is 22.1 Å². The van der Waals surface area contributed by atoms with E-state index in [2.05, 4.69) is 27.0 Å². The summed E-state index contributed by atoms with van der Waals surface area (Å²) in [4.78, 5) is 4.51. The molecule has 3 aromatic rings. The van der Waals surface area contributed by atoms with Crippen LogP contribution in [0.3, 0.4) is 0 Å². The average Bonchev–Trinajstić information content (AvgIpc) is 2.78.